The van der Waals surface area contributed by atoms with Gasteiger partial charge in [-0.05, 0) is 12.1 Å². The first-order valence-corrected chi connectivity index (χ1v) is 12.9. The second-order valence-corrected chi connectivity index (χ2v) is 10.3. The number of carbonyl (C=O) groups excluding carboxylic acids is 1. The minimum atomic E-state index is -2.42. The lowest BCUT2D eigenvalue weighted by Gasteiger charge is -2.50. The summed E-state index contributed by atoms with van der Waals surface area (Å²) in [5.41, 5.74) is 1.23. The molecule has 2 aromatic rings. The lowest BCUT2D eigenvalue weighted by Crippen LogP contribution is -2.65. The Bertz CT molecular complexity index is 1200. The van der Waals surface area contributed by atoms with Crippen LogP contribution in [0.1, 0.15) is 16.6 Å². The number of fused-ring (bicyclic) bond motifs is 2. The molecule has 0 amide bonds. The van der Waals surface area contributed by atoms with Gasteiger partial charge in [0.25, 0.3) is 6.43 Å². The second kappa shape index (κ2) is 11.1. The minimum Gasteiger partial charge on any atom is -0.466 e. The number of halogens is 4. The average molecular weight is 556 g/mol. The quantitative estimate of drug-likeness (QED) is 0.526. The molecular formula is C24H25ClF3N5O3S. The zero-order chi connectivity index (χ0) is 26.1. The van der Waals surface area contributed by atoms with Crippen molar-refractivity contribution in [2.24, 2.45) is 4.99 Å². The Hall–Kier alpha value is -2.51. The van der Waals surface area contributed by atoms with Gasteiger partial charge < -0.3 is 14.8 Å². The maximum absolute atomic E-state index is 13.9. The molecule has 4 heterocycles. The first kappa shape index (κ1) is 26.1. The van der Waals surface area contributed by atoms with Crippen LogP contribution < -0.4 is 5.32 Å². The maximum Gasteiger partial charge on any atom is 0.338 e. The van der Waals surface area contributed by atoms with Gasteiger partial charge in [-0.25, -0.2) is 22.9 Å². The van der Waals surface area contributed by atoms with Gasteiger partial charge in [0.2, 0.25) is 0 Å². The average Bonchev–Trinajstić information content (AvgIpc) is 3.38. The number of ether oxygens (including phenoxy) is 2. The van der Waals surface area contributed by atoms with Crippen molar-refractivity contribution in [2.75, 3.05) is 46.5 Å². The molecule has 1 aromatic heterocycles. The van der Waals surface area contributed by atoms with Gasteiger partial charge in [-0.3, -0.25) is 14.8 Å². The zero-order valence-corrected chi connectivity index (χ0v) is 21.4. The summed E-state index contributed by atoms with van der Waals surface area (Å²) < 4.78 is 50.9. The van der Waals surface area contributed by atoms with Crippen molar-refractivity contribution in [1.82, 2.24) is 20.1 Å². The van der Waals surface area contributed by atoms with Crippen LogP contribution in [0.25, 0.3) is 0 Å². The van der Waals surface area contributed by atoms with E-state index in [4.69, 9.17) is 26.1 Å². The number of benzene rings is 1. The van der Waals surface area contributed by atoms with Crippen LogP contribution in [0.2, 0.25) is 5.02 Å². The van der Waals surface area contributed by atoms with Crippen molar-refractivity contribution in [3.8, 4) is 0 Å². The van der Waals surface area contributed by atoms with E-state index in [1.54, 1.807) is 11.1 Å². The molecule has 3 aliphatic rings. The van der Waals surface area contributed by atoms with E-state index in [-0.39, 0.29) is 29.2 Å². The normalized spacial score (nSPS) is 24.7. The number of carbonyl (C=O) groups is 1. The lowest BCUT2D eigenvalue weighted by molar-refractivity contribution is -0.136. The van der Waals surface area contributed by atoms with E-state index >= 15 is 0 Å². The molecule has 198 valence electrons. The third kappa shape index (κ3) is 5.53. The van der Waals surface area contributed by atoms with Crippen molar-refractivity contribution >= 4 is 34.7 Å². The molecule has 8 nitrogen and oxygen atoms in total. The Morgan fingerprint density at radius 3 is 2.70 bits per heavy atom. The molecule has 2 fully saturated rings. The Kier molecular flexibility index (Phi) is 7.82. The largest absolute Gasteiger partial charge is 0.466 e. The fourth-order valence-electron chi connectivity index (χ4n) is 5.07. The summed E-state index contributed by atoms with van der Waals surface area (Å²) in [7, 11) is 1.28. The molecule has 1 aromatic carbocycles. The highest BCUT2D eigenvalue weighted by Gasteiger charge is 2.41. The number of morpholine rings is 1. The van der Waals surface area contributed by atoms with Crippen LogP contribution in [-0.4, -0.2) is 91.6 Å². The van der Waals surface area contributed by atoms with E-state index in [9.17, 15) is 18.0 Å². The molecule has 0 saturated carbocycles. The highest BCUT2D eigenvalue weighted by molar-refractivity contribution is 7.11. The van der Waals surface area contributed by atoms with E-state index in [0.717, 1.165) is 0 Å². The van der Waals surface area contributed by atoms with Crippen molar-refractivity contribution < 1.29 is 27.4 Å². The van der Waals surface area contributed by atoms with Crippen molar-refractivity contribution in [3.05, 3.63) is 62.5 Å². The molecular weight excluding hydrogens is 531 g/mol. The van der Waals surface area contributed by atoms with Crippen LogP contribution in [-0.2, 0) is 14.3 Å². The molecule has 0 spiro atoms. The van der Waals surface area contributed by atoms with Crippen LogP contribution in [0.4, 0.5) is 13.2 Å². The predicted molar refractivity (Wildman–Crippen MR) is 133 cm³/mol. The number of nitrogens with zero attached hydrogens (tertiary/aromatic N) is 4. The van der Waals surface area contributed by atoms with Gasteiger partial charge in [0.05, 0.1) is 32.4 Å². The van der Waals surface area contributed by atoms with Crippen molar-refractivity contribution in [3.63, 3.8) is 0 Å². The monoisotopic (exact) mass is 555 g/mol. The summed E-state index contributed by atoms with van der Waals surface area (Å²) in [4.78, 5) is 26.2. The van der Waals surface area contributed by atoms with E-state index < -0.39 is 24.3 Å². The van der Waals surface area contributed by atoms with E-state index in [2.05, 4.69) is 15.2 Å². The molecule has 3 aliphatic heterocycles. The van der Waals surface area contributed by atoms with E-state index in [1.165, 1.54) is 36.6 Å². The number of aliphatic imine (C=N–C) groups is 1. The molecule has 37 heavy (non-hydrogen) atoms. The fourth-order valence-corrected chi connectivity index (χ4v) is 5.93. The highest BCUT2D eigenvalue weighted by Crippen LogP contribution is 2.37. The van der Waals surface area contributed by atoms with Gasteiger partial charge in [-0.1, -0.05) is 17.7 Å². The minimum absolute atomic E-state index is 0.126. The Labute approximate surface area is 220 Å². The number of aromatic nitrogens is 1. The van der Waals surface area contributed by atoms with Gasteiger partial charge >= 0.3 is 5.97 Å². The third-order valence-electron chi connectivity index (χ3n) is 6.66. The number of rotatable bonds is 7. The summed E-state index contributed by atoms with van der Waals surface area (Å²) in [5.74, 6) is -0.668. The SMILES string of the molecule is COC(=O)C1=C(CN2C3COC[C@H]2CN(CC(F)F)C3)NC(c2nccs2)=NC1c1ccc(F)cc1Cl. The molecule has 5 rings (SSSR count). The van der Waals surface area contributed by atoms with Gasteiger partial charge in [0, 0.05) is 59.6 Å². The van der Waals surface area contributed by atoms with Crippen LogP contribution in [0.3, 0.4) is 0 Å². The molecule has 2 unspecified atom stereocenters. The fraction of sp³-hybridized carbons (Fsp3) is 0.458. The summed E-state index contributed by atoms with van der Waals surface area (Å²) in [6, 6.07) is 2.79. The van der Waals surface area contributed by atoms with Crippen molar-refractivity contribution in [1.29, 1.82) is 0 Å². The lowest BCUT2D eigenvalue weighted by atomic mass is 9.94. The topological polar surface area (TPSA) is 79.3 Å². The van der Waals surface area contributed by atoms with Gasteiger partial charge in [0.1, 0.15) is 11.9 Å². The van der Waals surface area contributed by atoms with Crippen LogP contribution >= 0.6 is 22.9 Å². The van der Waals surface area contributed by atoms with Crippen LogP contribution in [0.5, 0.6) is 0 Å². The molecule has 2 bridgehead atoms. The molecule has 0 aliphatic carbocycles. The number of thiazole rings is 1. The number of nitrogens with one attached hydrogen (secondary N) is 1. The smallest absolute Gasteiger partial charge is 0.338 e. The van der Waals surface area contributed by atoms with E-state index in [1.807, 2.05) is 5.38 Å². The highest BCUT2D eigenvalue weighted by atomic mass is 35.5. The summed E-state index contributed by atoms with van der Waals surface area (Å²) in [5, 5.41) is 5.82. The molecule has 1 N–H and O–H groups in total. The maximum atomic E-state index is 13.9. The number of esters is 1. The summed E-state index contributed by atoms with van der Waals surface area (Å²) >= 11 is 7.78. The zero-order valence-electron chi connectivity index (χ0n) is 19.9. The molecule has 0 radical (unpaired) electrons. The Balaban J connectivity index is 1.54. The molecule has 13 heteroatoms. The van der Waals surface area contributed by atoms with Crippen LogP contribution in [0, 0.1) is 5.82 Å². The Morgan fingerprint density at radius 1 is 1.32 bits per heavy atom. The summed E-state index contributed by atoms with van der Waals surface area (Å²) in [6.45, 7) is 1.62. The number of hydrogen-bond donors (Lipinski definition) is 1. The van der Waals surface area contributed by atoms with Crippen LogP contribution in [0.15, 0.2) is 46.0 Å². The molecule has 3 atom stereocenters. The van der Waals surface area contributed by atoms with Crippen molar-refractivity contribution in [2.45, 2.75) is 24.6 Å². The number of piperazine rings is 1. The standard InChI is InChI=1S/C24H25ClF3N5O3S/c1-35-24(34)20-18(9-33-14-7-32(10-19(27)28)8-15(33)12-36-11-14)30-22(23-29-4-5-37-23)31-21(20)16-3-2-13(26)6-17(16)25/h2-6,14-15,19,21H,7-12H2,1H3,(H,30,31)/t14-,15?,21?/m1/s1. The number of methoxy groups -OCH3 is 1. The first-order chi connectivity index (χ1) is 17.8. The van der Waals surface area contributed by atoms with E-state index in [0.29, 0.717) is 55.0 Å². The second-order valence-electron chi connectivity index (χ2n) is 9.02. The Morgan fingerprint density at radius 2 is 2.08 bits per heavy atom. The van der Waals surface area contributed by atoms with Gasteiger partial charge in [-0.2, -0.15) is 0 Å². The van der Waals surface area contributed by atoms with Gasteiger partial charge in [0.15, 0.2) is 10.8 Å². The third-order valence-corrected chi connectivity index (χ3v) is 7.76. The molecule has 2 saturated heterocycles. The number of hydrogen-bond acceptors (Lipinski definition) is 9. The number of alkyl halides is 2. The van der Waals surface area contributed by atoms with Gasteiger partial charge in [-0.15, -0.1) is 11.3 Å². The first-order valence-electron chi connectivity index (χ1n) is 11.7. The summed E-state index contributed by atoms with van der Waals surface area (Å²) in [6.07, 6.45) is -0.770. The number of amidine groups is 1. The predicted octanol–water partition coefficient (Wildman–Crippen LogP) is 3.10.